The second kappa shape index (κ2) is 8.91. The predicted molar refractivity (Wildman–Crippen MR) is 75.3 cm³/mol. The van der Waals surface area contributed by atoms with Crippen LogP contribution in [0.3, 0.4) is 0 Å². The molecule has 5 nitrogen and oxygen atoms in total. The van der Waals surface area contributed by atoms with Gasteiger partial charge in [0, 0.05) is 25.9 Å². The maximum absolute atomic E-state index is 12.0. The lowest BCUT2D eigenvalue weighted by molar-refractivity contribution is -0.134. The quantitative estimate of drug-likeness (QED) is 0.644. The van der Waals surface area contributed by atoms with Crippen molar-refractivity contribution in [2.45, 2.75) is 51.4 Å². The number of hydrogen-bond donors (Lipinski definition) is 2. The summed E-state index contributed by atoms with van der Waals surface area (Å²) in [5, 5.41) is 0. The van der Waals surface area contributed by atoms with Crippen LogP contribution in [0.15, 0.2) is 0 Å². The van der Waals surface area contributed by atoms with Gasteiger partial charge < -0.3 is 16.4 Å². The van der Waals surface area contributed by atoms with Crippen LogP contribution in [-0.2, 0) is 9.59 Å². The van der Waals surface area contributed by atoms with E-state index in [4.69, 9.17) is 11.5 Å². The summed E-state index contributed by atoms with van der Waals surface area (Å²) in [5.41, 5.74) is 10.6. The monoisotopic (exact) mass is 269 g/mol. The Kier molecular flexibility index (Phi) is 7.48. The van der Waals surface area contributed by atoms with E-state index in [2.05, 4.69) is 0 Å². The van der Waals surface area contributed by atoms with Gasteiger partial charge in [-0.25, -0.2) is 0 Å². The van der Waals surface area contributed by atoms with Crippen LogP contribution in [0.5, 0.6) is 0 Å². The molecule has 2 amide bonds. The van der Waals surface area contributed by atoms with Gasteiger partial charge in [-0.15, -0.1) is 0 Å². The molecule has 1 unspecified atom stereocenters. The number of carbonyl (C=O) groups excluding carboxylic acids is 2. The molecule has 0 saturated carbocycles. The highest BCUT2D eigenvalue weighted by Gasteiger charge is 2.24. The molecule has 5 heteroatoms. The molecule has 1 heterocycles. The van der Waals surface area contributed by atoms with Crippen molar-refractivity contribution < 1.29 is 9.59 Å². The topological polar surface area (TPSA) is 89.4 Å². The lowest BCUT2D eigenvalue weighted by atomic mass is 9.94. The Morgan fingerprint density at radius 2 is 1.89 bits per heavy atom. The zero-order chi connectivity index (χ0) is 14.1. The van der Waals surface area contributed by atoms with Crippen LogP contribution in [0, 0.1) is 5.92 Å². The van der Waals surface area contributed by atoms with E-state index in [-0.39, 0.29) is 17.7 Å². The molecular formula is C14H27N3O2. The van der Waals surface area contributed by atoms with Crippen molar-refractivity contribution in [1.82, 2.24) is 4.90 Å². The first-order valence-electron chi connectivity index (χ1n) is 7.39. The summed E-state index contributed by atoms with van der Waals surface area (Å²) >= 11 is 0. The van der Waals surface area contributed by atoms with Crippen LogP contribution in [0.25, 0.3) is 0 Å². The molecule has 0 spiro atoms. The highest BCUT2D eigenvalue weighted by molar-refractivity contribution is 5.77. The maximum Gasteiger partial charge on any atom is 0.222 e. The van der Waals surface area contributed by atoms with Gasteiger partial charge in [0.25, 0.3) is 0 Å². The van der Waals surface area contributed by atoms with E-state index >= 15 is 0 Å². The smallest absolute Gasteiger partial charge is 0.222 e. The molecule has 1 saturated heterocycles. The number of amides is 2. The molecule has 0 aromatic heterocycles. The molecule has 0 aliphatic carbocycles. The molecule has 0 bridgehead atoms. The lowest BCUT2D eigenvalue weighted by Gasteiger charge is -2.32. The number of rotatable bonds is 8. The number of carbonyl (C=O) groups is 2. The number of likely N-dealkylation sites (tertiary alicyclic amines) is 1. The summed E-state index contributed by atoms with van der Waals surface area (Å²) in [6.07, 6.45) is 7.16. The molecule has 1 rings (SSSR count). The number of nitrogens with zero attached hydrogens (tertiary/aromatic N) is 1. The first kappa shape index (κ1) is 16.0. The first-order chi connectivity index (χ1) is 9.13. The number of unbranched alkanes of at least 4 members (excludes halogenated alkanes) is 3. The Balaban J connectivity index is 2.22. The molecular weight excluding hydrogens is 242 g/mol. The van der Waals surface area contributed by atoms with Crippen LogP contribution in [-0.4, -0.2) is 36.3 Å². The minimum atomic E-state index is -0.263. The lowest BCUT2D eigenvalue weighted by Crippen LogP contribution is -2.40. The van der Waals surface area contributed by atoms with Crippen molar-refractivity contribution in [3.8, 4) is 0 Å². The van der Waals surface area contributed by atoms with Crippen LogP contribution in [0.2, 0.25) is 0 Å². The molecule has 4 N–H and O–H groups in total. The largest absolute Gasteiger partial charge is 0.370 e. The third-order valence-electron chi connectivity index (χ3n) is 3.71. The Morgan fingerprint density at radius 1 is 1.16 bits per heavy atom. The third-order valence-corrected chi connectivity index (χ3v) is 3.71. The second-order valence-corrected chi connectivity index (χ2v) is 5.47. The predicted octanol–water partition coefficient (Wildman–Crippen LogP) is 1.01. The van der Waals surface area contributed by atoms with Crippen LogP contribution in [0.1, 0.15) is 51.4 Å². The fourth-order valence-corrected chi connectivity index (χ4v) is 2.67. The summed E-state index contributed by atoms with van der Waals surface area (Å²) in [4.78, 5) is 24.9. The summed E-state index contributed by atoms with van der Waals surface area (Å²) in [5.74, 6) is 0.218. The summed E-state index contributed by atoms with van der Waals surface area (Å²) < 4.78 is 0. The first-order valence-corrected chi connectivity index (χ1v) is 7.39. The van der Waals surface area contributed by atoms with E-state index in [9.17, 15) is 9.59 Å². The normalized spacial score (nSPS) is 19.4. The van der Waals surface area contributed by atoms with Gasteiger partial charge in [0.05, 0.1) is 0 Å². The van der Waals surface area contributed by atoms with Gasteiger partial charge in [0.1, 0.15) is 0 Å². The molecule has 0 radical (unpaired) electrons. The SMILES string of the molecule is NCCCCCCC(=O)N1CCCC(CC(N)=O)C1. The van der Waals surface area contributed by atoms with E-state index in [1.807, 2.05) is 4.90 Å². The van der Waals surface area contributed by atoms with Gasteiger partial charge in [-0.05, 0) is 38.1 Å². The fourth-order valence-electron chi connectivity index (χ4n) is 2.67. The van der Waals surface area contributed by atoms with Crippen molar-refractivity contribution in [3.05, 3.63) is 0 Å². The number of primary amides is 1. The standard InChI is InChI=1S/C14H27N3O2/c15-8-4-2-1-3-7-14(19)17-9-5-6-12(11-17)10-13(16)18/h12H,1-11,15H2,(H2,16,18). The van der Waals surface area contributed by atoms with Gasteiger partial charge in [0.15, 0.2) is 0 Å². The van der Waals surface area contributed by atoms with Crippen molar-refractivity contribution in [3.63, 3.8) is 0 Å². The molecule has 1 aliphatic heterocycles. The summed E-state index contributed by atoms with van der Waals surface area (Å²) in [6.45, 7) is 2.26. The molecule has 0 aromatic rings. The summed E-state index contributed by atoms with van der Waals surface area (Å²) in [6, 6.07) is 0. The zero-order valence-corrected chi connectivity index (χ0v) is 11.8. The number of hydrogen-bond acceptors (Lipinski definition) is 3. The van der Waals surface area contributed by atoms with E-state index in [1.54, 1.807) is 0 Å². The third kappa shape index (κ3) is 6.57. The van der Waals surface area contributed by atoms with Crippen molar-refractivity contribution in [2.24, 2.45) is 17.4 Å². The molecule has 19 heavy (non-hydrogen) atoms. The average molecular weight is 269 g/mol. The average Bonchev–Trinajstić information content (AvgIpc) is 2.38. The van der Waals surface area contributed by atoms with E-state index in [1.165, 1.54) is 0 Å². The molecule has 1 atom stereocenters. The van der Waals surface area contributed by atoms with E-state index < -0.39 is 0 Å². The highest BCUT2D eigenvalue weighted by atomic mass is 16.2. The van der Waals surface area contributed by atoms with Crippen LogP contribution in [0.4, 0.5) is 0 Å². The van der Waals surface area contributed by atoms with Crippen LogP contribution < -0.4 is 11.5 Å². The van der Waals surface area contributed by atoms with Gasteiger partial charge in [-0.2, -0.15) is 0 Å². The Labute approximate surface area is 115 Å². The van der Waals surface area contributed by atoms with E-state index in [0.717, 1.165) is 51.6 Å². The van der Waals surface area contributed by atoms with E-state index in [0.29, 0.717) is 19.4 Å². The van der Waals surface area contributed by atoms with Crippen molar-refractivity contribution >= 4 is 11.8 Å². The van der Waals surface area contributed by atoms with Gasteiger partial charge >= 0.3 is 0 Å². The number of piperidine rings is 1. The molecule has 0 aromatic carbocycles. The van der Waals surface area contributed by atoms with Crippen molar-refractivity contribution in [2.75, 3.05) is 19.6 Å². The molecule has 110 valence electrons. The Hall–Kier alpha value is -1.10. The highest BCUT2D eigenvalue weighted by Crippen LogP contribution is 2.20. The molecule has 1 fully saturated rings. The maximum atomic E-state index is 12.0. The Morgan fingerprint density at radius 3 is 2.58 bits per heavy atom. The van der Waals surface area contributed by atoms with Gasteiger partial charge in [0.2, 0.25) is 11.8 Å². The number of nitrogens with two attached hydrogens (primary N) is 2. The fraction of sp³-hybridized carbons (Fsp3) is 0.857. The minimum Gasteiger partial charge on any atom is -0.370 e. The Bertz CT molecular complexity index is 294. The summed E-state index contributed by atoms with van der Waals surface area (Å²) in [7, 11) is 0. The zero-order valence-electron chi connectivity index (χ0n) is 11.8. The second-order valence-electron chi connectivity index (χ2n) is 5.47. The molecule has 1 aliphatic rings. The van der Waals surface area contributed by atoms with Gasteiger partial charge in [-0.1, -0.05) is 12.8 Å². The van der Waals surface area contributed by atoms with Crippen molar-refractivity contribution in [1.29, 1.82) is 0 Å². The minimum absolute atomic E-state index is 0.224. The van der Waals surface area contributed by atoms with Crippen LogP contribution >= 0.6 is 0 Å². The van der Waals surface area contributed by atoms with Gasteiger partial charge in [-0.3, -0.25) is 9.59 Å².